The van der Waals surface area contributed by atoms with Crippen molar-refractivity contribution in [2.24, 2.45) is 17.8 Å². The molecule has 1 aromatic heterocycles. The first-order valence-corrected chi connectivity index (χ1v) is 11.5. The molecular weight excluding hydrogens is 354 g/mol. The summed E-state index contributed by atoms with van der Waals surface area (Å²) in [5.41, 5.74) is 0. The molecule has 3 atom stereocenters. The van der Waals surface area contributed by atoms with Crippen molar-refractivity contribution in [1.29, 1.82) is 0 Å². The first kappa shape index (κ1) is 22.1. The van der Waals surface area contributed by atoms with Crippen LogP contribution in [0.2, 0.25) is 0 Å². The third kappa shape index (κ3) is 7.52. The quantitative estimate of drug-likeness (QED) is 0.464. The lowest BCUT2D eigenvalue weighted by atomic mass is 10.2. The second-order valence-electron chi connectivity index (χ2n) is 7.38. The summed E-state index contributed by atoms with van der Waals surface area (Å²) in [5.74, 6) is 1.80. The summed E-state index contributed by atoms with van der Waals surface area (Å²) in [6, 6.07) is 0. The number of hydrogen-bond donors (Lipinski definition) is 0. The summed E-state index contributed by atoms with van der Waals surface area (Å²) in [6.45, 7) is 20.2. The maximum atomic E-state index is 4.72. The minimum Gasteiger partial charge on any atom is -0.196 e. The highest BCUT2D eigenvalue weighted by Crippen LogP contribution is 2.32. The highest BCUT2D eigenvalue weighted by atomic mass is 32.2. The van der Waals surface area contributed by atoms with Crippen molar-refractivity contribution in [2.45, 2.75) is 93.5 Å². The van der Waals surface area contributed by atoms with Crippen molar-refractivity contribution >= 4 is 35.3 Å². The van der Waals surface area contributed by atoms with E-state index < -0.39 is 0 Å². The van der Waals surface area contributed by atoms with Crippen LogP contribution in [0, 0.1) is 17.8 Å². The normalized spacial score (nSPS) is 16.0. The molecule has 138 valence electrons. The molecular formula is C18H33N3S3. The third-order valence-electron chi connectivity index (χ3n) is 4.26. The van der Waals surface area contributed by atoms with Crippen molar-refractivity contribution in [2.75, 3.05) is 0 Å². The zero-order chi connectivity index (χ0) is 18.4. The standard InChI is InChI=1S/C18H33N3S3/c1-10(2)13(7)22-16-19-17(23-14(8)11(3)4)21-18(20-16)24-15(9)12(5)6/h10-15H,1-9H3. The summed E-state index contributed by atoms with van der Waals surface area (Å²) < 4.78 is 0. The fourth-order valence-corrected chi connectivity index (χ4v) is 4.21. The number of nitrogens with zero attached hydrogens (tertiary/aromatic N) is 3. The maximum absolute atomic E-state index is 4.72. The average Bonchev–Trinajstić information content (AvgIpc) is 2.46. The molecule has 1 rings (SSSR count). The lowest BCUT2D eigenvalue weighted by Crippen LogP contribution is -2.11. The zero-order valence-corrected chi connectivity index (χ0v) is 19.0. The Hall–Kier alpha value is 0.0600. The van der Waals surface area contributed by atoms with E-state index in [2.05, 4.69) is 62.3 Å². The van der Waals surface area contributed by atoms with Gasteiger partial charge in [-0.1, -0.05) is 97.6 Å². The summed E-state index contributed by atoms with van der Waals surface area (Å²) in [4.78, 5) is 14.2. The Balaban J connectivity index is 3.04. The Labute approximate surface area is 161 Å². The molecule has 0 saturated heterocycles. The number of rotatable bonds is 9. The molecule has 0 aromatic carbocycles. The largest absolute Gasteiger partial charge is 0.196 e. The van der Waals surface area contributed by atoms with Gasteiger partial charge in [0.15, 0.2) is 15.5 Å². The summed E-state index contributed by atoms with van der Waals surface area (Å²) in [7, 11) is 0. The average molecular weight is 388 g/mol. The van der Waals surface area contributed by atoms with Crippen LogP contribution in [0.1, 0.15) is 62.3 Å². The zero-order valence-electron chi connectivity index (χ0n) is 16.5. The molecule has 0 bridgehead atoms. The fourth-order valence-electron chi connectivity index (χ4n) is 1.39. The van der Waals surface area contributed by atoms with E-state index >= 15 is 0 Å². The van der Waals surface area contributed by atoms with Crippen LogP contribution < -0.4 is 0 Å². The van der Waals surface area contributed by atoms with Crippen LogP contribution in [0.3, 0.4) is 0 Å². The van der Waals surface area contributed by atoms with Gasteiger partial charge in [-0.3, -0.25) is 0 Å². The number of hydrogen-bond acceptors (Lipinski definition) is 6. The summed E-state index contributed by atoms with van der Waals surface area (Å²) in [5, 5.41) is 4.07. The van der Waals surface area contributed by atoms with E-state index in [-0.39, 0.29) is 0 Å². The van der Waals surface area contributed by atoms with Crippen LogP contribution in [-0.2, 0) is 0 Å². The predicted molar refractivity (Wildman–Crippen MR) is 110 cm³/mol. The Morgan fingerprint density at radius 1 is 0.458 bits per heavy atom. The molecule has 1 heterocycles. The first-order chi connectivity index (χ1) is 11.1. The highest BCUT2D eigenvalue weighted by Gasteiger charge is 2.18. The summed E-state index contributed by atoms with van der Waals surface area (Å²) in [6.07, 6.45) is 0. The van der Waals surface area contributed by atoms with Gasteiger partial charge in [-0.15, -0.1) is 0 Å². The fraction of sp³-hybridized carbons (Fsp3) is 0.833. The van der Waals surface area contributed by atoms with Crippen molar-refractivity contribution in [1.82, 2.24) is 15.0 Å². The van der Waals surface area contributed by atoms with Crippen molar-refractivity contribution in [3.8, 4) is 0 Å². The molecule has 24 heavy (non-hydrogen) atoms. The molecule has 0 amide bonds. The molecule has 0 aliphatic rings. The van der Waals surface area contributed by atoms with Gasteiger partial charge in [0.05, 0.1) is 0 Å². The Bertz CT molecular complexity index is 423. The SMILES string of the molecule is CC(C)C(C)Sc1nc(SC(C)C(C)C)nc(SC(C)C(C)C)n1. The maximum Gasteiger partial charge on any atom is 0.192 e. The van der Waals surface area contributed by atoms with E-state index in [1.807, 2.05) is 0 Å². The van der Waals surface area contributed by atoms with Crippen molar-refractivity contribution < 1.29 is 0 Å². The van der Waals surface area contributed by atoms with Crippen LogP contribution in [0.15, 0.2) is 15.5 Å². The smallest absolute Gasteiger partial charge is 0.192 e. The number of thioether (sulfide) groups is 3. The molecule has 0 aliphatic heterocycles. The van der Waals surface area contributed by atoms with Crippen LogP contribution >= 0.6 is 35.3 Å². The van der Waals surface area contributed by atoms with Gasteiger partial charge in [0.1, 0.15) is 0 Å². The van der Waals surface area contributed by atoms with Crippen LogP contribution in [0.5, 0.6) is 0 Å². The van der Waals surface area contributed by atoms with Gasteiger partial charge in [0.25, 0.3) is 0 Å². The Morgan fingerprint density at radius 2 is 0.667 bits per heavy atom. The van der Waals surface area contributed by atoms with Gasteiger partial charge in [0.2, 0.25) is 0 Å². The van der Waals surface area contributed by atoms with Crippen LogP contribution in [-0.4, -0.2) is 30.7 Å². The van der Waals surface area contributed by atoms with E-state index in [0.29, 0.717) is 33.5 Å². The van der Waals surface area contributed by atoms with Gasteiger partial charge in [-0.05, 0) is 17.8 Å². The monoisotopic (exact) mass is 387 g/mol. The van der Waals surface area contributed by atoms with Gasteiger partial charge in [-0.25, -0.2) is 0 Å². The van der Waals surface area contributed by atoms with Crippen LogP contribution in [0.4, 0.5) is 0 Å². The summed E-state index contributed by atoms with van der Waals surface area (Å²) >= 11 is 5.29. The van der Waals surface area contributed by atoms with E-state index in [1.165, 1.54) is 0 Å². The van der Waals surface area contributed by atoms with Gasteiger partial charge < -0.3 is 0 Å². The molecule has 1 aromatic rings. The molecule has 0 N–H and O–H groups in total. The Kier molecular flexibility index (Phi) is 9.46. The van der Waals surface area contributed by atoms with Crippen LogP contribution in [0.25, 0.3) is 0 Å². The third-order valence-corrected chi connectivity index (χ3v) is 8.19. The molecule has 0 spiro atoms. The van der Waals surface area contributed by atoms with Gasteiger partial charge in [-0.2, -0.15) is 15.0 Å². The van der Waals surface area contributed by atoms with E-state index in [0.717, 1.165) is 15.5 Å². The predicted octanol–water partition coefficient (Wildman–Crippen LogP) is 6.28. The first-order valence-electron chi connectivity index (χ1n) is 8.86. The highest BCUT2D eigenvalue weighted by molar-refractivity contribution is 8.01. The molecule has 0 fully saturated rings. The van der Waals surface area contributed by atoms with E-state index in [4.69, 9.17) is 15.0 Å². The lowest BCUT2D eigenvalue weighted by molar-refractivity contribution is 0.624. The number of aromatic nitrogens is 3. The minimum absolute atomic E-state index is 0.494. The second-order valence-corrected chi connectivity index (χ2v) is 11.4. The lowest BCUT2D eigenvalue weighted by Gasteiger charge is -2.18. The van der Waals surface area contributed by atoms with Gasteiger partial charge in [0, 0.05) is 15.7 Å². The molecule has 0 radical (unpaired) electrons. The molecule has 3 nitrogen and oxygen atoms in total. The van der Waals surface area contributed by atoms with E-state index in [9.17, 15) is 0 Å². The molecule has 6 heteroatoms. The van der Waals surface area contributed by atoms with Gasteiger partial charge >= 0.3 is 0 Å². The van der Waals surface area contributed by atoms with Crippen molar-refractivity contribution in [3.05, 3.63) is 0 Å². The minimum atomic E-state index is 0.494. The Morgan fingerprint density at radius 3 is 0.833 bits per heavy atom. The molecule has 3 unspecified atom stereocenters. The topological polar surface area (TPSA) is 38.7 Å². The molecule has 0 saturated carbocycles. The van der Waals surface area contributed by atoms with Crippen molar-refractivity contribution in [3.63, 3.8) is 0 Å². The molecule has 0 aliphatic carbocycles. The van der Waals surface area contributed by atoms with E-state index in [1.54, 1.807) is 35.3 Å². The second kappa shape index (κ2) is 10.3.